The fourth-order valence-electron chi connectivity index (χ4n) is 8.23. The summed E-state index contributed by atoms with van der Waals surface area (Å²) in [6.07, 6.45) is 19.8. The van der Waals surface area contributed by atoms with Crippen LogP contribution in [0.4, 0.5) is 0 Å². The third-order valence-corrected chi connectivity index (χ3v) is 9.83. The molecule has 0 aliphatic heterocycles. The molecule has 146 valence electrons. The van der Waals surface area contributed by atoms with E-state index in [1.165, 1.54) is 64.2 Å². The Balaban J connectivity index is 1.61. The van der Waals surface area contributed by atoms with Crippen molar-refractivity contribution in [2.45, 2.75) is 98.8 Å². The number of hydrogen-bond donors (Lipinski definition) is 0. The Labute approximate surface area is 162 Å². The third-order valence-electron chi connectivity index (χ3n) is 9.83. The van der Waals surface area contributed by atoms with Gasteiger partial charge in [-0.3, -0.25) is 0 Å². The molecule has 0 nitrogen and oxygen atoms in total. The number of hydrogen-bond acceptors (Lipinski definition) is 0. The van der Waals surface area contributed by atoms with Crippen molar-refractivity contribution < 1.29 is 0 Å². The second-order valence-electron chi connectivity index (χ2n) is 10.9. The zero-order valence-electron chi connectivity index (χ0n) is 18.1. The lowest BCUT2D eigenvalue weighted by molar-refractivity contribution is 0.0186. The van der Waals surface area contributed by atoms with Gasteiger partial charge in [0.2, 0.25) is 0 Å². The molecule has 0 amide bonds. The van der Waals surface area contributed by atoms with Crippen molar-refractivity contribution in [2.75, 3.05) is 0 Å². The molecule has 7 atom stereocenters. The summed E-state index contributed by atoms with van der Waals surface area (Å²) in [7, 11) is 0. The molecule has 3 saturated carbocycles. The minimum Gasteiger partial charge on any atom is -0.0884 e. The van der Waals surface area contributed by atoms with E-state index in [2.05, 4.69) is 46.8 Å². The van der Waals surface area contributed by atoms with E-state index in [1.54, 1.807) is 5.57 Å². The standard InChI is InChI=1S/C26H42/c1-6-8-19-13-15-25(4)20(17-19)9-10-21-23-12-11-22(18(3)7-2)26(23,5)16-14-24(21)25/h7,14,19-23H,6,8-13,15-17H2,1-5H3/t19-,20-,21-,22+,23-,25-,26+/m0/s1. The molecule has 0 bridgehead atoms. The Hall–Kier alpha value is -0.520. The highest BCUT2D eigenvalue weighted by atomic mass is 14.6. The van der Waals surface area contributed by atoms with Gasteiger partial charge in [0.25, 0.3) is 0 Å². The number of fused-ring (bicyclic) bond motifs is 5. The molecule has 0 aromatic heterocycles. The van der Waals surface area contributed by atoms with Gasteiger partial charge in [-0.15, -0.1) is 0 Å². The zero-order valence-corrected chi connectivity index (χ0v) is 18.1. The highest BCUT2D eigenvalue weighted by Gasteiger charge is 2.57. The lowest BCUT2D eigenvalue weighted by atomic mass is 9.48. The van der Waals surface area contributed by atoms with E-state index >= 15 is 0 Å². The monoisotopic (exact) mass is 354 g/mol. The molecular formula is C26H42. The van der Waals surface area contributed by atoms with Crippen LogP contribution < -0.4 is 0 Å². The average Bonchev–Trinajstić information content (AvgIpc) is 2.99. The van der Waals surface area contributed by atoms with Crippen LogP contribution in [0.25, 0.3) is 0 Å². The molecular weight excluding hydrogens is 312 g/mol. The summed E-state index contributed by atoms with van der Waals surface area (Å²) in [5.74, 6) is 4.70. The van der Waals surface area contributed by atoms with E-state index in [9.17, 15) is 0 Å². The van der Waals surface area contributed by atoms with E-state index in [4.69, 9.17) is 0 Å². The first-order chi connectivity index (χ1) is 12.4. The van der Waals surface area contributed by atoms with Crippen molar-refractivity contribution in [3.05, 3.63) is 23.3 Å². The molecule has 4 aliphatic rings. The normalized spacial score (nSPS) is 48.4. The lowest BCUT2D eigenvalue weighted by Crippen LogP contribution is -2.47. The maximum Gasteiger partial charge on any atom is -0.00851 e. The Morgan fingerprint density at radius 2 is 1.96 bits per heavy atom. The molecule has 0 heterocycles. The molecule has 4 aliphatic carbocycles. The summed E-state index contributed by atoms with van der Waals surface area (Å²) < 4.78 is 0. The fraction of sp³-hybridized carbons (Fsp3) is 0.846. The predicted molar refractivity (Wildman–Crippen MR) is 113 cm³/mol. The summed E-state index contributed by atoms with van der Waals surface area (Å²) in [6.45, 7) is 12.3. The number of allylic oxidation sites excluding steroid dienone is 4. The van der Waals surface area contributed by atoms with E-state index in [0.29, 0.717) is 10.8 Å². The van der Waals surface area contributed by atoms with Gasteiger partial charge < -0.3 is 0 Å². The van der Waals surface area contributed by atoms with Crippen LogP contribution in [0, 0.1) is 40.4 Å². The van der Waals surface area contributed by atoms with Crippen molar-refractivity contribution in [1.82, 2.24) is 0 Å². The second-order valence-corrected chi connectivity index (χ2v) is 10.9. The summed E-state index contributed by atoms with van der Waals surface area (Å²) in [5, 5.41) is 0. The van der Waals surface area contributed by atoms with Crippen LogP contribution in [-0.4, -0.2) is 0 Å². The van der Waals surface area contributed by atoms with Gasteiger partial charge in [0, 0.05) is 0 Å². The summed E-state index contributed by atoms with van der Waals surface area (Å²) in [6, 6.07) is 0. The van der Waals surface area contributed by atoms with Gasteiger partial charge in [-0.25, -0.2) is 0 Å². The Morgan fingerprint density at radius 3 is 2.69 bits per heavy atom. The summed E-state index contributed by atoms with van der Waals surface area (Å²) >= 11 is 0. The van der Waals surface area contributed by atoms with Gasteiger partial charge in [-0.05, 0) is 106 Å². The summed E-state index contributed by atoms with van der Waals surface area (Å²) in [4.78, 5) is 0. The van der Waals surface area contributed by atoms with Gasteiger partial charge in [-0.1, -0.05) is 56.9 Å². The van der Waals surface area contributed by atoms with Crippen molar-refractivity contribution >= 4 is 0 Å². The molecule has 0 N–H and O–H groups in total. The first-order valence-corrected chi connectivity index (χ1v) is 11.8. The van der Waals surface area contributed by atoms with Gasteiger partial charge in [0.05, 0.1) is 0 Å². The lowest BCUT2D eigenvalue weighted by Gasteiger charge is -2.57. The van der Waals surface area contributed by atoms with E-state index in [0.717, 1.165) is 29.6 Å². The van der Waals surface area contributed by atoms with Crippen LogP contribution in [-0.2, 0) is 0 Å². The SMILES string of the molecule is CC=C(C)[C@H]1CC[C@H]2[C@@H]3CC[C@H]4C[C@@H](CCC)CC[C@]4(C)C3=CC[C@]12C. The molecule has 4 rings (SSSR count). The van der Waals surface area contributed by atoms with Crippen LogP contribution in [0.5, 0.6) is 0 Å². The fourth-order valence-corrected chi connectivity index (χ4v) is 8.23. The Kier molecular flexibility index (Phi) is 4.94. The van der Waals surface area contributed by atoms with Crippen LogP contribution in [0.1, 0.15) is 98.8 Å². The van der Waals surface area contributed by atoms with Crippen molar-refractivity contribution in [2.24, 2.45) is 40.4 Å². The Morgan fingerprint density at radius 1 is 1.15 bits per heavy atom. The maximum atomic E-state index is 2.79. The number of rotatable bonds is 3. The van der Waals surface area contributed by atoms with Gasteiger partial charge >= 0.3 is 0 Å². The minimum atomic E-state index is 0.535. The first-order valence-electron chi connectivity index (χ1n) is 11.8. The van der Waals surface area contributed by atoms with Crippen LogP contribution in [0.3, 0.4) is 0 Å². The topological polar surface area (TPSA) is 0 Å². The molecule has 0 unspecified atom stereocenters. The highest BCUT2D eigenvalue weighted by Crippen LogP contribution is 2.66. The molecule has 3 fully saturated rings. The minimum absolute atomic E-state index is 0.535. The third kappa shape index (κ3) is 2.68. The smallest absolute Gasteiger partial charge is 0.00851 e. The van der Waals surface area contributed by atoms with E-state index < -0.39 is 0 Å². The van der Waals surface area contributed by atoms with E-state index in [-0.39, 0.29) is 0 Å². The summed E-state index contributed by atoms with van der Waals surface area (Å²) in [5.41, 5.74) is 4.67. The second kappa shape index (κ2) is 6.82. The predicted octanol–water partition coefficient (Wildman–Crippen LogP) is 7.95. The molecule has 0 aromatic carbocycles. The van der Waals surface area contributed by atoms with Crippen molar-refractivity contribution in [3.8, 4) is 0 Å². The molecule has 0 aromatic rings. The zero-order chi connectivity index (χ0) is 18.5. The first kappa shape index (κ1) is 18.8. The quantitative estimate of drug-likeness (QED) is 0.451. The van der Waals surface area contributed by atoms with Crippen LogP contribution in [0.2, 0.25) is 0 Å². The highest BCUT2D eigenvalue weighted by molar-refractivity contribution is 5.30. The molecule has 0 radical (unpaired) electrons. The molecule has 0 spiro atoms. The van der Waals surface area contributed by atoms with Crippen LogP contribution >= 0.6 is 0 Å². The largest absolute Gasteiger partial charge is 0.0884 e. The molecule has 0 saturated heterocycles. The molecule has 26 heavy (non-hydrogen) atoms. The van der Waals surface area contributed by atoms with Crippen molar-refractivity contribution in [1.29, 1.82) is 0 Å². The van der Waals surface area contributed by atoms with E-state index in [1.807, 2.05) is 5.57 Å². The molecule has 0 heteroatoms. The maximum absolute atomic E-state index is 2.79. The van der Waals surface area contributed by atoms with Crippen molar-refractivity contribution in [3.63, 3.8) is 0 Å². The van der Waals surface area contributed by atoms with Gasteiger partial charge in [-0.2, -0.15) is 0 Å². The van der Waals surface area contributed by atoms with Gasteiger partial charge in [0.15, 0.2) is 0 Å². The van der Waals surface area contributed by atoms with Crippen LogP contribution in [0.15, 0.2) is 23.3 Å². The van der Waals surface area contributed by atoms with Gasteiger partial charge in [0.1, 0.15) is 0 Å². The average molecular weight is 355 g/mol. The Bertz CT molecular complexity index is 595.